The monoisotopic (exact) mass is 205 g/mol. The van der Waals surface area contributed by atoms with Crippen LogP contribution in [-0.4, -0.2) is 0 Å². The van der Waals surface area contributed by atoms with Gasteiger partial charge in [-0.05, 0) is 0 Å². The molecule has 0 unspecified atom stereocenters. The van der Waals surface area contributed by atoms with Crippen LogP contribution in [0.4, 0.5) is 0 Å². The fraction of sp³-hybridized carbons (Fsp3) is 0. The van der Waals surface area contributed by atoms with Crippen molar-refractivity contribution in [3.05, 3.63) is 0 Å². The van der Waals surface area contributed by atoms with Crippen molar-refractivity contribution in [1.82, 2.24) is 0 Å². The van der Waals surface area contributed by atoms with Gasteiger partial charge in [0.2, 0.25) is 0 Å². The molecular weight excluding hydrogens is 200 g/mol. The molecule has 0 aromatic carbocycles. The Bertz CT molecular complexity index is 4.85. The third-order valence-corrected chi connectivity index (χ3v) is 0. The second kappa shape index (κ2) is 35.8. The summed E-state index contributed by atoms with van der Waals surface area (Å²) in [7, 11) is 0. The fourth-order valence-corrected chi connectivity index (χ4v) is 0. The van der Waals surface area contributed by atoms with E-state index in [0.29, 0.717) is 0 Å². The van der Waals surface area contributed by atoms with E-state index in [1.165, 1.54) is 0 Å². The van der Waals surface area contributed by atoms with Crippen molar-refractivity contribution < 1.29 is 34.7 Å². The molecule has 0 aromatic rings. The maximum Gasteiger partial charge on any atom is 0 e. The average molecular weight is 205 g/mol. The number of rotatable bonds is 0. The van der Waals surface area contributed by atoms with E-state index in [2.05, 4.69) is 0 Å². The number of hydrogen-bond donors (Lipinski definition) is 0. The first-order valence-electron chi connectivity index (χ1n) is 0. The van der Waals surface area contributed by atoms with Gasteiger partial charge in [0.25, 0.3) is 0 Å². The van der Waals surface area contributed by atoms with Crippen LogP contribution < -0.4 is 0 Å². The molecule has 0 bridgehead atoms. The van der Waals surface area contributed by atoms with Crippen molar-refractivity contribution in [3.63, 3.8) is 0 Å². The Morgan fingerprint density at radius 3 is 0.600 bits per heavy atom. The largest absolute Gasteiger partial charge is 0.813 e. The summed E-state index contributed by atoms with van der Waals surface area (Å²) < 4.78 is 0. The van der Waals surface area contributed by atoms with Gasteiger partial charge in [-0.1, -0.05) is 0 Å². The maximum absolute atomic E-state index is 0. The van der Waals surface area contributed by atoms with E-state index in [-0.39, 0.29) is 75.2 Å². The molecule has 0 radical (unpaired) electrons. The fourth-order valence-electron chi connectivity index (χ4n) is 0. The molecule has 0 aliphatic carbocycles. The van der Waals surface area contributed by atoms with E-state index >= 15 is 0 Å². The van der Waals surface area contributed by atoms with Gasteiger partial charge in [0.1, 0.15) is 0 Å². The molecule has 0 saturated carbocycles. The molecule has 0 aliphatic rings. The minimum atomic E-state index is 0. The molecule has 0 amide bonds. The average Bonchev–Trinajstić information content (AvgIpc) is 0. The predicted molar refractivity (Wildman–Crippen MR) is 29.5 cm³/mol. The van der Waals surface area contributed by atoms with Gasteiger partial charge in [-0.15, -0.1) is 0 Å². The van der Waals surface area contributed by atoms with E-state index in [4.69, 9.17) is 0 Å². The number of thiol groups is 1. The van der Waals surface area contributed by atoms with E-state index in [1.54, 1.807) is 0 Å². The zero-order valence-corrected chi connectivity index (χ0v) is 7.71. The van der Waals surface area contributed by atoms with Crippen LogP contribution in [0.1, 0.15) is 0 Å². The molecule has 0 aromatic heterocycles. The predicted octanol–water partition coefficient (Wildman–Crippen LogP) is -0.0495. The normalized spacial score (nSPS) is 0. The van der Waals surface area contributed by atoms with Gasteiger partial charge in [0, 0.05) is 34.7 Å². The van der Waals surface area contributed by atoms with E-state index in [0.717, 1.165) is 0 Å². The smallest absolute Gasteiger partial charge is 0 e. The molecule has 0 spiro atoms. The summed E-state index contributed by atoms with van der Waals surface area (Å²) in [5.74, 6) is 0. The van der Waals surface area contributed by atoms with Gasteiger partial charge in [-0.25, -0.2) is 0 Å². The van der Waals surface area contributed by atoms with Gasteiger partial charge >= 0.3 is 0 Å². The van der Waals surface area contributed by atoms with Gasteiger partial charge in [0.15, 0.2) is 0 Å². The SMILES string of the molecule is S.S.[Cr].[Cr].[SH-]. The zero-order valence-electron chi connectivity index (χ0n) is 2.26. The van der Waals surface area contributed by atoms with Crippen LogP contribution in [0.15, 0.2) is 0 Å². The van der Waals surface area contributed by atoms with Crippen LogP contribution in [0.2, 0.25) is 0 Å². The van der Waals surface area contributed by atoms with Crippen molar-refractivity contribution >= 4 is 40.5 Å². The molecule has 0 aliphatic heterocycles. The van der Waals surface area contributed by atoms with Gasteiger partial charge in [-0.3, -0.25) is 0 Å². The molecule has 0 N–H and O–H groups in total. The Kier molecular flexibility index (Phi) is 425. The standard InChI is InChI=1S/2Cr.3H2S/h;;3*1H2/p-1. The van der Waals surface area contributed by atoms with Crippen LogP contribution in [0.3, 0.4) is 0 Å². The van der Waals surface area contributed by atoms with Crippen LogP contribution in [0.25, 0.3) is 0 Å². The first kappa shape index (κ1) is 59.5. The second-order valence-electron chi connectivity index (χ2n) is 0. The molecule has 36 valence electrons. The van der Waals surface area contributed by atoms with Crippen molar-refractivity contribution in [2.75, 3.05) is 0 Å². The first-order chi connectivity index (χ1) is 0. The summed E-state index contributed by atoms with van der Waals surface area (Å²) in [5.41, 5.74) is 0. The summed E-state index contributed by atoms with van der Waals surface area (Å²) in [6, 6.07) is 0. The molecule has 0 nitrogen and oxygen atoms in total. The van der Waals surface area contributed by atoms with Crippen molar-refractivity contribution in [2.45, 2.75) is 0 Å². The van der Waals surface area contributed by atoms with Crippen molar-refractivity contribution in [2.24, 2.45) is 0 Å². The topological polar surface area (TPSA) is 0 Å². The minimum absolute atomic E-state index is 0. The quantitative estimate of drug-likeness (QED) is 0.395. The summed E-state index contributed by atoms with van der Waals surface area (Å²) in [5, 5.41) is 0. The van der Waals surface area contributed by atoms with Crippen LogP contribution >= 0.6 is 27.0 Å². The third-order valence-electron chi connectivity index (χ3n) is 0. The molecule has 0 saturated heterocycles. The minimum Gasteiger partial charge on any atom is -0.813 e. The Labute approximate surface area is 74.7 Å². The van der Waals surface area contributed by atoms with Crippen molar-refractivity contribution in [3.8, 4) is 0 Å². The number of hydrogen-bond acceptors (Lipinski definition) is 1. The van der Waals surface area contributed by atoms with Crippen LogP contribution in [0.5, 0.6) is 0 Å². The molecule has 0 atom stereocenters. The van der Waals surface area contributed by atoms with E-state index in [1.807, 2.05) is 0 Å². The summed E-state index contributed by atoms with van der Waals surface area (Å²) in [4.78, 5) is 0. The van der Waals surface area contributed by atoms with E-state index < -0.39 is 0 Å². The summed E-state index contributed by atoms with van der Waals surface area (Å²) >= 11 is 0. The maximum atomic E-state index is 0. The molecule has 0 rings (SSSR count). The summed E-state index contributed by atoms with van der Waals surface area (Å²) in [6.45, 7) is 0. The van der Waals surface area contributed by atoms with Crippen molar-refractivity contribution in [1.29, 1.82) is 0 Å². The molecule has 5 heteroatoms. The van der Waals surface area contributed by atoms with E-state index in [9.17, 15) is 0 Å². The van der Waals surface area contributed by atoms with Crippen LogP contribution in [-0.2, 0) is 48.2 Å². The second-order valence-corrected chi connectivity index (χ2v) is 0. The first-order valence-corrected chi connectivity index (χ1v) is 0. The van der Waals surface area contributed by atoms with Gasteiger partial charge < -0.3 is 13.5 Å². The Morgan fingerprint density at radius 1 is 0.600 bits per heavy atom. The molecular formula is H5Cr2S3-. The van der Waals surface area contributed by atoms with Crippen LogP contribution in [0, 0.1) is 0 Å². The van der Waals surface area contributed by atoms with Gasteiger partial charge in [0.05, 0.1) is 0 Å². The van der Waals surface area contributed by atoms with Gasteiger partial charge in [-0.2, -0.15) is 27.0 Å². The Balaban J connectivity index is 0. The Hall–Kier alpha value is 2.11. The third kappa shape index (κ3) is 23.1. The molecule has 0 fully saturated rings. The zero-order chi connectivity index (χ0) is 0. The molecule has 0 heterocycles. The molecule has 5 heavy (non-hydrogen) atoms. The summed E-state index contributed by atoms with van der Waals surface area (Å²) in [6.07, 6.45) is 0. The Morgan fingerprint density at radius 2 is 0.600 bits per heavy atom.